The summed E-state index contributed by atoms with van der Waals surface area (Å²) in [6.45, 7) is 5.23. The summed E-state index contributed by atoms with van der Waals surface area (Å²) in [4.78, 5) is 11.7. The second kappa shape index (κ2) is 9.73. The lowest BCUT2D eigenvalue weighted by Crippen LogP contribution is -2.39. The van der Waals surface area contributed by atoms with Gasteiger partial charge in [-0.1, -0.05) is 24.6 Å². The fourth-order valence-electron chi connectivity index (χ4n) is 4.41. The van der Waals surface area contributed by atoms with Crippen molar-refractivity contribution in [2.45, 2.75) is 44.2 Å². The number of benzene rings is 2. The van der Waals surface area contributed by atoms with Crippen LogP contribution in [-0.4, -0.2) is 43.2 Å². The molecule has 188 valence electrons. The van der Waals surface area contributed by atoms with E-state index in [-0.39, 0.29) is 36.3 Å². The van der Waals surface area contributed by atoms with Crippen LogP contribution in [0.15, 0.2) is 38.4 Å². The number of aromatic nitrogens is 2. The minimum atomic E-state index is -4.25. The molecule has 0 bridgehead atoms. The standard InChI is InChI=1S/C23H25ClFN3O6S/c1-12-5-6-17(25)20(13(12)2)14(3)21(22-26-27-23(29)34-22)28-7-8-33-18-10-16(24)15(11-32-4)9-19(18)35(28,30)31/h5-6,9-10,14,21H,7-8,11H2,1-4H3,(H,27,29)/t14-,21+/m1/s1. The second-order valence-electron chi connectivity index (χ2n) is 8.38. The highest BCUT2D eigenvalue weighted by Crippen LogP contribution is 2.43. The van der Waals surface area contributed by atoms with Crippen LogP contribution in [-0.2, 0) is 21.4 Å². The molecule has 1 N–H and O–H groups in total. The van der Waals surface area contributed by atoms with Crippen LogP contribution in [0, 0.1) is 19.7 Å². The van der Waals surface area contributed by atoms with E-state index in [1.54, 1.807) is 19.9 Å². The zero-order valence-electron chi connectivity index (χ0n) is 19.6. The van der Waals surface area contributed by atoms with Gasteiger partial charge < -0.3 is 13.9 Å². The van der Waals surface area contributed by atoms with Crippen molar-refractivity contribution in [3.63, 3.8) is 0 Å². The maximum atomic E-state index is 15.1. The van der Waals surface area contributed by atoms with Crippen LogP contribution in [0.1, 0.15) is 47.0 Å². The summed E-state index contributed by atoms with van der Waals surface area (Å²) in [7, 11) is -2.78. The summed E-state index contributed by atoms with van der Waals surface area (Å²) in [5.41, 5.74) is 2.26. The summed E-state index contributed by atoms with van der Waals surface area (Å²) in [5, 5.41) is 6.40. The molecule has 1 aliphatic heterocycles. The molecule has 4 rings (SSSR count). The van der Waals surface area contributed by atoms with Crippen molar-refractivity contribution < 1.29 is 26.7 Å². The molecule has 2 heterocycles. The molecule has 0 spiro atoms. The predicted molar refractivity (Wildman–Crippen MR) is 126 cm³/mol. The van der Waals surface area contributed by atoms with Crippen molar-refractivity contribution in [3.8, 4) is 5.75 Å². The Bertz CT molecular complexity index is 1420. The first kappa shape index (κ1) is 25.4. The van der Waals surface area contributed by atoms with Crippen molar-refractivity contribution in [1.82, 2.24) is 14.5 Å². The third-order valence-electron chi connectivity index (χ3n) is 6.25. The van der Waals surface area contributed by atoms with E-state index in [1.165, 1.54) is 25.3 Å². The van der Waals surface area contributed by atoms with Gasteiger partial charge in [-0.3, -0.25) is 0 Å². The van der Waals surface area contributed by atoms with E-state index < -0.39 is 33.6 Å². The van der Waals surface area contributed by atoms with Crippen LogP contribution < -0.4 is 10.5 Å². The van der Waals surface area contributed by atoms with Crippen molar-refractivity contribution >= 4 is 21.6 Å². The third kappa shape index (κ3) is 4.61. The van der Waals surface area contributed by atoms with Crippen LogP contribution >= 0.6 is 11.6 Å². The number of hydrogen-bond donors (Lipinski definition) is 1. The molecular formula is C23H25ClFN3O6S. The lowest BCUT2D eigenvalue weighted by Gasteiger charge is -2.32. The molecule has 0 unspecified atom stereocenters. The molecule has 0 saturated carbocycles. The van der Waals surface area contributed by atoms with Crippen LogP contribution in [0.3, 0.4) is 0 Å². The number of hydrogen-bond acceptors (Lipinski definition) is 7. The molecule has 9 nitrogen and oxygen atoms in total. The van der Waals surface area contributed by atoms with Gasteiger partial charge >= 0.3 is 5.76 Å². The van der Waals surface area contributed by atoms with Gasteiger partial charge in [0.1, 0.15) is 29.1 Å². The molecule has 0 saturated heterocycles. The summed E-state index contributed by atoms with van der Waals surface area (Å²) >= 11 is 6.29. The predicted octanol–water partition coefficient (Wildman–Crippen LogP) is 3.85. The fourth-order valence-corrected chi connectivity index (χ4v) is 6.42. The van der Waals surface area contributed by atoms with Crippen LogP contribution in [0.2, 0.25) is 5.02 Å². The lowest BCUT2D eigenvalue weighted by molar-refractivity contribution is 0.184. The van der Waals surface area contributed by atoms with Crippen molar-refractivity contribution in [2.24, 2.45) is 0 Å². The minimum absolute atomic E-state index is 0.0145. The van der Waals surface area contributed by atoms with E-state index in [4.69, 9.17) is 25.5 Å². The quantitative estimate of drug-likeness (QED) is 0.520. The number of aryl methyl sites for hydroxylation is 1. The van der Waals surface area contributed by atoms with E-state index in [2.05, 4.69) is 10.2 Å². The topological polar surface area (TPSA) is 115 Å². The van der Waals surface area contributed by atoms with Crippen LogP contribution in [0.5, 0.6) is 5.75 Å². The maximum absolute atomic E-state index is 15.1. The van der Waals surface area contributed by atoms with Crippen molar-refractivity contribution in [1.29, 1.82) is 0 Å². The first-order valence-electron chi connectivity index (χ1n) is 10.8. The molecule has 0 amide bonds. The number of rotatable bonds is 6. The first-order chi connectivity index (χ1) is 16.6. The van der Waals surface area contributed by atoms with E-state index in [0.29, 0.717) is 21.7 Å². The number of H-pyrrole nitrogens is 1. The van der Waals surface area contributed by atoms with Crippen molar-refractivity contribution in [2.75, 3.05) is 20.3 Å². The highest BCUT2D eigenvalue weighted by Gasteiger charge is 2.43. The Balaban J connectivity index is 1.91. The Kier molecular flexibility index (Phi) is 7.05. The molecule has 3 aromatic rings. The average Bonchev–Trinajstić information content (AvgIpc) is 3.18. The summed E-state index contributed by atoms with van der Waals surface area (Å²) in [6.07, 6.45) is 0. The smallest absolute Gasteiger partial charge is 0.434 e. The number of aromatic amines is 1. The molecule has 0 fully saturated rings. The van der Waals surface area contributed by atoms with Gasteiger partial charge in [-0.15, -0.1) is 5.10 Å². The number of nitrogens with zero attached hydrogens (tertiary/aromatic N) is 2. The zero-order chi connectivity index (χ0) is 25.5. The average molecular weight is 526 g/mol. The molecule has 1 aliphatic rings. The molecule has 2 atom stereocenters. The third-order valence-corrected chi connectivity index (χ3v) is 8.50. The molecule has 2 aromatic carbocycles. The van der Waals surface area contributed by atoms with Gasteiger partial charge in [-0.25, -0.2) is 22.7 Å². The number of ether oxygens (including phenoxy) is 2. The van der Waals surface area contributed by atoms with E-state index in [9.17, 15) is 13.2 Å². The van der Waals surface area contributed by atoms with Gasteiger partial charge in [-0.05, 0) is 48.2 Å². The number of methoxy groups -OCH3 is 1. The highest BCUT2D eigenvalue weighted by molar-refractivity contribution is 7.89. The van der Waals surface area contributed by atoms with E-state index in [1.807, 2.05) is 6.92 Å². The van der Waals surface area contributed by atoms with Crippen LogP contribution in [0.4, 0.5) is 4.39 Å². The molecule has 12 heteroatoms. The summed E-state index contributed by atoms with van der Waals surface area (Å²) in [6, 6.07) is 4.67. The van der Waals surface area contributed by atoms with Gasteiger partial charge in [0.05, 0.1) is 6.61 Å². The second-order valence-corrected chi connectivity index (χ2v) is 10.6. The lowest BCUT2D eigenvalue weighted by atomic mass is 9.87. The van der Waals surface area contributed by atoms with Gasteiger partial charge in [0, 0.05) is 30.7 Å². The molecular weight excluding hydrogens is 501 g/mol. The highest BCUT2D eigenvalue weighted by atomic mass is 35.5. The number of nitrogens with one attached hydrogen (secondary N) is 1. The first-order valence-corrected chi connectivity index (χ1v) is 12.6. The van der Waals surface area contributed by atoms with Gasteiger partial charge in [0.25, 0.3) is 0 Å². The number of fused-ring (bicyclic) bond motifs is 1. The molecule has 0 aliphatic carbocycles. The normalized spacial score (nSPS) is 17.3. The monoisotopic (exact) mass is 525 g/mol. The Morgan fingerprint density at radius 3 is 2.71 bits per heavy atom. The number of sulfonamides is 1. The molecule has 1 aromatic heterocycles. The largest absolute Gasteiger partial charge is 0.491 e. The summed E-state index contributed by atoms with van der Waals surface area (Å²) in [5.74, 6) is -2.22. The van der Waals surface area contributed by atoms with Gasteiger partial charge in [-0.2, -0.15) is 4.31 Å². The van der Waals surface area contributed by atoms with E-state index >= 15 is 4.39 Å². The SMILES string of the molecule is COCc1cc2c(cc1Cl)OCCN([C@H](c1n[nH]c(=O)o1)[C@H](C)c1c(F)ccc(C)c1C)S2(=O)=O. The zero-order valence-corrected chi connectivity index (χ0v) is 21.2. The Morgan fingerprint density at radius 1 is 1.31 bits per heavy atom. The van der Waals surface area contributed by atoms with Gasteiger partial charge in [0.2, 0.25) is 15.9 Å². The fraction of sp³-hybridized carbons (Fsp3) is 0.391. The molecule has 35 heavy (non-hydrogen) atoms. The molecule has 0 radical (unpaired) electrons. The summed E-state index contributed by atoms with van der Waals surface area (Å²) < 4.78 is 60.3. The minimum Gasteiger partial charge on any atom is -0.491 e. The number of halogens is 2. The van der Waals surface area contributed by atoms with Gasteiger partial charge in [0.15, 0.2) is 0 Å². The Labute approximate surface area is 206 Å². The Morgan fingerprint density at radius 2 is 2.06 bits per heavy atom. The Hall–Kier alpha value is -2.73. The van der Waals surface area contributed by atoms with Crippen LogP contribution in [0.25, 0.3) is 0 Å². The van der Waals surface area contributed by atoms with E-state index in [0.717, 1.165) is 9.87 Å². The van der Waals surface area contributed by atoms with Crippen molar-refractivity contribution in [3.05, 3.63) is 73.8 Å². The maximum Gasteiger partial charge on any atom is 0.434 e.